The summed E-state index contributed by atoms with van der Waals surface area (Å²) in [6, 6.07) is 15.2. The molecule has 0 saturated heterocycles. The van der Waals surface area contributed by atoms with Gasteiger partial charge in [-0.1, -0.05) is 44.2 Å². The maximum absolute atomic E-state index is 6.17. The lowest BCUT2D eigenvalue weighted by Crippen LogP contribution is -2.48. The first-order valence-corrected chi connectivity index (χ1v) is 9.61. The number of hydrogen-bond donors (Lipinski definition) is 0. The van der Waals surface area contributed by atoms with Gasteiger partial charge in [0.1, 0.15) is 12.6 Å². The van der Waals surface area contributed by atoms with Crippen LogP contribution in [0.1, 0.15) is 43.0 Å². The van der Waals surface area contributed by atoms with Gasteiger partial charge in [-0.25, -0.2) is 0 Å². The summed E-state index contributed by atoms with van der Waals surface area (Å²) in [7, 11) is 6.43. The van der Waals surface area contributed by atoms with E-state index in [0.717, 1.165) is 28.9 Å². The molecule has 0 unspecified atom stereocenters. The van der Waals surface area contributed by atoms with Crippen LogP contribution in [0.15, 0.2) is 42.5 Å². The minimum atomic E-state index is 0.503. The standard InChI is InChI=1S/C23H32NO2/c1-17(2)13-21-20-15-23(26-16-18-9-7-6-8-10-18)22(25-5)14-19(20)11-12-24(21,3)4/h6-10,14-15,17,21H,11-13,16H2,1-5H3/q+1/t21-/m0/s1. The lowest BCUT2D eigenvalue weighted by molar-refractivity contribution is -0.924. The van der Waals surface area contributed by atoms with E-state index in [4.69, 9.17) is 9.47 Å². The predicted molar refractivity (Wildman–Crippen MR) is 107 cm³/mol. The summed E-state index contributed by atoms with van der Waals surface area (Å²) >= 11 is 0. The lowest BCUT2D eigenvalue weighted by Gasteiger charge is -2.43. The Morgan fingerprint density at radius 3 is 2.46 bits per heavy atom. The molecule has 3 nitrogen and oxygen atoms in total. The van der Waals surface area contributed by atoms with Gasteiger partial charge in [-0.15, -0.1) is 0 Å². The highest BCUT2D eigenvalue weighted by Crippen LogP contribution is 2.42. The van der Waals surface area contributed by atoms with E-state index >= 15 is 0 Å². The van der Waals surface area contributed by atoms with Crippen LogP contribution >= 0.6 is 0 Å². The molecule has 0 spiro atoms. The highest BCUT2D eigenvalue weighted by Gasteiger charge is 2.37. The molecule has 2 aromatic carbocycles. The van der Waals surface area contributed by atoms with Crippen LogP contribution < -0.4 is 9.47 Å². The van der Waals surface area contributed by atoms with Gasteiger partial charge in [0.2, 0.25) is 0 Å². The fraction of sp³-hybridized carbons (Fsp3) is 0.478. The van der Waals surface area contributed by atoms with Crippen molar-refractivity contribution in [1.29, 1.82) is 0 Å². The average molecular weight is 355 g/mol. The summed E-state index contributed by atoms with van der Waals surface area (Å²) in [4.78, 5) is 0. The van der Waals surface area contributed by atoms with E-state index in [1.54, 1.807) is 7.11 Å². The van der Waals surface area contributed by atoms with Crippen molar-refractivity contribution in [3.8, 4) is 11.5 Å². The zero-order valence-corrected chi connectivity index (χ0v) is 16.8. The molecule has 1 aliphatic rings. The Kier molecular flexibility index (Phi) is 5.57. The Bertz CT molecular complexity index is 737. The first-order valence-electron chi connectivity index (χ1n) is 9.61. The van der Waals surface area contributed by atoms with E-state index in [0.29, 0.717) is 18.6 Å². The molecule has 2 aromatic rings. The number of rotatable bonds is 6. The maximum Gasteiger partial charge on any atom is 0.162 e. The summed E-state index contributed by atoms with van der Waals surface area (Å²) in [6.07, 6.45) is 2.27. The second-order valence-electron chi connectivity index (χ2n) is 8.37. The molecule has 0 amide bonds. The van der Waals surface area contributed by atoms with E-state index in [9.17, 15) is 0 Å². The van der Waals surface area contributed by atoms with E-state index in [1.165, 1.54) is 23.1 Å². The van der Waals surface area contributed by atoms with Crippen LogP contribution in [0, 0.1) is 5.92 Å². The number of nitrogens with zero attached hydrogens (tertiary/aromatic N) is 1. The van der Waals surface area contributed by atoms with Crippen LogP contribution in [0.25, 0.3) is 0 Å². The van der Waals surface area contributed by atoms with Crippen LogP contribution in [0.2, 0.25) is 0 Å². The molecule has 0 aliphatic carbocycles. The van der Waals surface area contributed by atoms with E-state index < -0.39 is 0 Å². The summed E-state index contributed by atoms with van der Waals surface area (Å²) in [5.41, 5.74) is 4.01. The predicted octanol–water partition coefficient (Wildman–Crippen LogP) is 4.99. The third-order valence-electron chi connectivity index (χ3n) is 5.52. The van der Waals surface area contributed by atoms with Gasteiger partial charge in [0.15, 0.2) is 11.5 Å². The minimum absolute atomic E-state index is 0.503. The van der Waals surface area contributed by atoms with Gasteiger partial charge in [-0.05, 0) is 29.2 Å². The fourth-order valence-electron chi connectivity index (χ4n) is 3.95. The minimum Gasteiger partial charge on any atom is -0.493 e. The molecule has 3 heteroatoms. The van der Waals surface area contributed by atoms with Gasteiger partial charge in [-0.3, -0.25) is 0 Å². The van der Waals surface area contributed by atoms with E-state index in [1.807, 2.05) is 18.2 Å². The molecule has 1 atom stereocenters. The number of quaternary nitrogens is 1. The van der Waals surface area contributed by atoms with Crippen molar-refractivity contribution in [2.75, 3.05) is 27.7 Å². The van der Waals surface area contributed by atoms with E-state index in [-0.39, 0.29) is 0 Å². The van der Waals surface area contributed by atoms with Crippen LogP contribution in [-0.2, 0) is 13.0 Å². The molecule has 1 aliphatic heterocycles. The van der Waals surface area contributed by atoms with Gasteiger partial charge in [0, 0.05) is 18.4 Å². The first kappa shape index (κ1) is 18.8. The fourth-order valence-corrected chi connectivity index (χ4v) is 3.95. The Morgan fingerprint density at radius 1 is 1.08 bits per heavy atom. The summed E-state index contributed by atoms with van der Waals surface area (Å²) in [5.74, 6) is 2.36. The van der Waals surface area contributed by atoms with Gasteiger partial charge in [-0.2, -0.15) is 0 Å². The summed E-state index contributed by atoms with van der Waals surface area (Å²) < 4.78 is 12.8. The zero-order valence-electron chi connectivity index (χ0n) is 16.8. The molecule has 0 saturated carbocycles. The Morgan fingerprint density at radius 2 is 1.81 bits per heavy atom. The second-order valence-corrected chi connectivity index (χ2v) is 8.37. The number of methoxy groups -OCH3 is 1. The van der Waals surface area contributed by atoms with Gasteiger partial charge in [0.05, 0.1) is 27.7 Å². The zero-order chi connectivity index (χ0) is 18.7. The largest absolute Gasteiger partial charge is 0.493 e. The molecular weight excluding hydrogens is 322 g/mol. The molecule has 0 aromatic heterocycles. The average Bonchev–Trinajstić information content (AvgIpc) is 2.62. The van der Waals surface area contributed by atoms with Crippen LogP contribution in [0.4, 0.5) is 0 Å². The van der Waals surface area contributed by atoms with Gasteiger partial charge in [0.25, 0.3) is 0 Å². The topological polar surface area (TPSA) is 18.5 Å². The van der Waals surface area contributed by atoms with Crippen molar-refractivity contribution in [3.05, 3.63) is 59.2 Å². The Hall–Kier alpha value is -2.00. The van der Waals surface area contributed by atoms with Gasteiger partial charge < -0.3 is 14.0 Å². The third-order valence-corrected chi connectivity index (χ3v) is 5.52. The normalized spacial score (nSPS) is 18.5. The summed E-state index contributed by atoms with van der Waals surface area (Å²) in [6.45, 7) is 6.34. The molecule has 0 fully saturated rings. The number of ether oxygens (including phenoxy) is 2. The van der Waals surface area contributed by atoms with Gasteiger partial charge >= 0.3 is 0 Å². The monoisotopic (exact) mass is 354 g/mol. The van der Waals surface area contributed by atoms with Crippen molar-refractivity contribution in [2.45, 2.75) is 39.3 Å². The third kappa shape index (κ3) is 4.04. The molecule has 0 radical (unpaired) electrons. The number of fused-ring (bicyclic) bond motifs is 1. The van der Waals surface area contributed by atoms with Crippen molar-refractivity contribution in [1.82, 2.24) is 0 Å². The van der Waals surface area contributed by atoms with Crippen LogP contribution in [-0.4, -0.2) is 32.2 Å². The van der Waals surface area contributed by atoms with Crippen LogP contribution in [0.3, 0.4) is 0 Å². The Balaban J connectivity index is 1.93. The second kappa shape index (κ2) is 7.71. The molecule has 3 rings (SSSR count). The van der Waals surface area contributed by atoms with E-state index in [2.05, 4.69) is 52.2 Å². The number of benzene rings is 2. The quantitative estimate of drug-likeness (QED) is 0.680. The van der Waals surface area contributed by atoms with Crippen molar-refractivity contribution < 1.29 is 14.0 Å². The molecule has 140 valence electrons. The van der Waals surface area contributed by atoms with Crippen LogP contribution in [0.5, 0.6) is 11.5 Å². The van der Waals surface area contributed by atoms with Crippen molar-refractivity contribution in [2.24, 2.45) is 5.92 Å². The van der Waals surface area contributed by atoms with Crippen molar-refractivity contribution in [3.63, 3.8) is 0 Å². The molecule has 0 N–H and O–H groups in total. The molecule has 0 bridgehead atoms. The molecular formula is C23H32NO2+. The molecule has 1 heterocycles. The smallest absolute Gasteiger partial charge is 0.162 e. The lowest BCUT2D eigenvalue weighted by atomic mass is 9.86. The highest BCUT2D eigenvalue weighted by molar-refractivity contribution is 5.49. The first-order chi connectivity index (χ1) is 12.4. The van der Waals surface area contributed by atoms with Crippen molar-refractivity contribution >= 4 is 0 Å². The maximum atomic E-state index is 6.17. The Labute approximate surface area is 158 Å². The number of likely N-dealkylation sites (N-methyl/N-ethyl adjacent to an activating group) is 1. The SMILES string of the molecule is COc1cc2c(cc1OCc1ccccc1)[C@H](CC(C)C)[N+](C)(C)CC2. The highest BCUT2D eigenvalue weighted by atomic mass is 16.5. The molecule has 26 heavy (non-hydrogen) atoms. The number of hydrogen-bond acceptors (Lipinski definition) is 2. The summed E-state index contributed by atoms with van der Waals surface area (Å²) in [5, 5.41) is 0.